The summed E-state index contributed by atoms with van der Waals surface area (Å²) in [5.74, 6) is -2.65. The number of carbonyl (C=O) groups excluding carboxylic acids is 1. The van der Waals surface area contributed by atoms with E-state index < -0.39 is 22.2 Å². The zero-order valence-electron chi connectivity index (χ0n) is 15.2. The van der Waals surface area contributed by atoms with Crippen molar-refractivity contribution >= 4 is 33.2 Å². The quantitative estimate of drug-likeness (QED) is 0.758. The molecule has 158 valence electrons. The number of aryl methyl sites for hydroxylation is 1. The van der Waals surface area contributed by atoms with E-state index in [1.54, 1.807) is 11.3 Å². The number of carbonyl (C=O) groups is 2. The lowest BCUT2D eigenvalue weighted by molar-refractivity contribution is -0.192. The Morgan fingerprint density at radius 1 is 1.39 bits per heavy atom. The molecule has 1 aromatic heterocycles. The van der Waals surface area contributed by atoms with E-state index in [1.165, 1.54) is 10.6 Å². The number of aromatic nitrogens is 1. The summed E-state index contributed by atoms with van der Waals surface area (Å²) >= 11 is 1.58. The Morgan fingerprint density at radius 3 is 2.43 bits per heavy atom. The number of aliphatic carboxylic acids is 1. The number of sulfonamides is 1. The van der Waals surface area contributed by atoms with Crippen LogP contribution in [0.25, 0.3) is 0 Å². The fourth-order valence-electron chi connectivity index (χ4n) is 3.25. The van der Waals surface area contributed by atoms with Gasteiger partial charge in [0, 0.05) is 36.9 Å². The van der Waals surface area contributed by atoms with Gasteiger partial charge >= 0.3 is 12.1 Å². The second-order valence-electron chi connectivity index (χ2n) is 6.93. The van der Waals surface area contributed by atoms with Gasteiger partial charge in [-0.2, -0.15) is 13.2 Å². The van der Waals surface area contributed by atoms with Crippen molar-refractivity contribution in [3.63, 3.8) is 0 Å². The second-order valence-corrected chi connectivity index (χ2v) is 9.98. The Morgan fingerprint density at radius 2 is 2.00 bits per heavy atom. The van der Waals surface area contributed by atoms with Crippen molar-refractivity contribution in [1.82, 2.24) is 14.2 Å². The number of halogens is 3. The number of hydrogen-bond donors (Lipinski definition) is 1. The van der Waals surface area contributed by atoms with E-state index >= 15 is 0 Å². The molecule has 3 heterocycles. The minimum Gasteiger partial charge on any atom is -0.475 e. The van der Waals surface area contributed by atoms with Crippen molar-refractivity contribution in [3.8, 4) is 0 Å². The van der Waals surface area contributed by atoms with E-state index in [4.69, 9.17) is 9.90 Å². The Labute approximate surface area is 164 Å². The van der Waals surface area contributed by atoms with Crippen LogP contribution in [0.2, 0.25) is 0 Å². The number of alkyl halides is 3. The predicted molar refractivity (Wildman–Crippen MR) is 94.0 cm³/mol. The molecule has 0 aromatic carbocycles. The van der Waals surface area contributed by atoms with Gasteiger partial charge in [0.1, 0.15) is 0 Å². The van der Waals surface area contributed by atoms with Crippen LogP contribution in [0.1, 0.15) is 23.5 Å². The third-order valence-electron chi connectivity index (χ3n) is 4.54. The van der Waals surface area contributed by atoms with Gasteiger partial charge in [0.15, 0.2) is 0 Å². The van der Waals surface area contributed by atoms with Gasteiger partial charge in [0.25, 0.3) is 0 Å². The summed E-state index contributed by atoms with van der Waals surface area (Å²) in [7, 11) is -3.16. The van der Waals surface area contributed by atoms with Crippen LogP contribution in [0, 0.1) is 12.3 Å². The van der Waals surface area contributed by atoms with Crippen LogP contribution < -0.4 is 0 Å². The maximum absolute atomic E-state index is 12.2. The monoisotopic (exact) mass is 443 g/mol. The summed E-state index contributed by atoms with van der Waals surface area (Å²) in [4.78, 5) is 27.3. The first kappa shape index (κ1) is 22.6. The maximum Gasteiger partial charge on any atom is 0.490 e. The highest BCUT2D eigenvalue weighted by atomic mass is 32.2. The average molecular weight is 443 g/mol. The maximum atomic E-state index is 12.2. The van der Waals surface area contributed by atoms with Crippen LogP contribution in [-0.4, -0.2) is 71.7 Å². The van der Waals surface area contributed by atoms with Gasteiger partial charge in [0.2, 0.25) is 15.9 Å². The summed E-state index contributed by atoms with van der Waals surface area (Å²) in [5, 5.41) is 10.1. The molecule has 1 N–H and O–H groups in total. The van der Waals surface area contributed by atoms with E-state index in [0.717, 1.165) is 17.1 Å². The Bertz CT molecular complexity index is 855. The first-order valence-corrected chi connectivity index (χ1v) is 10.9. The number of nitrogens with zero attached hydrogens (tertiary/aromatic N) is 3. The molecular weight excluding hydrogens is 423 g/mol. The SMILES string of the molecule is Cc1nc(CN2CC3(CCN(S(C)(=O)=O)C3)CC2=O)cs1.O=C(O)C(F)(F)F. The molecule has 13 heteroatoms. The molecule has 0 saturated carbocycles. The summed E-state index contributed by atoms with van der Waals surface area (Å²) < 4.78 is 56.5. The first-order chi connectivity index (χ1) is 12.7. The molecule has 8 nitrogen and oxygen atoms in total. The zero-order chi connectivity index (χ0) is 21.3. The Kier molecular flexibility index (Phi) is 6.40. The summed E-state index contributed by atoms with van der Waals surface area (Å²) in [5.41, 5.74) is 0.714. The van der Waals surface area contributed by atoms with Crippen molar-refractivity contribution in [1.29, 1.82) is 0 Å². The highest BCUT2D eigenvalue weighted by molar-refractivity contribution is 7.88. The molecule has 28 heavy (non-hydrogen) atoms. The van der Waals surface area contributed by atoms with Gasteiger partial charge in [-0.15, -0.1) is 11.3 Å². The van der Waals surface area contributed by atoms with Gasteiger partial charge in [0.05, 0.1) is 23.5 Å². The largest absolute Gasteiger partial charge is 0.490 e. The van der Waals surface area contributed by atoms with Crippen LogP contribution >= 0.6 is 11.3 Å². The smallest absolute Gasteiger partial charge is 0.475 e. The van der Waals surface area contributed by atoms with Gasteiger partial charge < -0.3 is 10.0 Å². The van der Waals surface area contributed by atoms with Crippen LogP contribution in [-0.2, 0) is 26.2 Å². The van der Waals surface area contributed by atoms with Crippen molar-refractivity contribution in [2.24, 2.45) is 5.41 Å². The molecule has 0 radical (unpaired) electrons. The Balaban J connectivity index is 0.000000345. The molecule has 2 aliphatic heterocycles. The van der Waals surface area contributed by atoms with Crippen LogP contribution in [0.4, 0.5) is 13.2 Å². The predicted octanol–water partition coefficient (Wildman–Crippen LogP) is 1.47. The van der Waals surface area contributed by atoms with E-state index in [-0.39, 0.29) is 11.3 Å². The number of rotatable bonds is 3. The van der Waals surface area contributed by atoms with E-state index in [9.17, 15) is 26.4 Å². The van der Waals surface area contributed by atoms with Gasteiger partial charge in [-0.25, -0.2) is 22.5 Å². The molecule has 2 aliphatic rings. The normalized spacial score (nSPS) is 23.2. The number of thiazole rings is 1. The van der Waals surface area contributed by atoms with Crippen LogP contribution in [0.5, 0.6) is 0 Å². The number of likely N-dealkylation sites (tertiary alicyclic amines) is 1. The first-order valence-electron chi connectivity index (χ1n) is 8.16. The highest BCUT2D eigenvalue weighted by Gasteiger charge is 2.49. The lowest BCUT2D eigenvalue weighted by Gasteiger charge is -2.23. The van der Waals surface area contributed by atoms with Gasteiger partial charge in [-0.05, 0) is 13.3 Å². The molecule has 0 bridgehead atoms. The van der Waals surface area contributed by atoms with E-state index in [0.29, 0.717) is 32.6 Å². The molecule has 1 atom stereocenters. The van der Waals surface area contributed by atoms with Gasteiger partial charge in [-0.3, -0.25) is 4.79 Å². The van der Waals surface area contributed by atoms with Gasteiger partial charge in [-0.1, -0.05) is 0 Å². The van der Waals surface area contributed by atoms with Crippen molar-refractivity contribution in [2.45, 2.75) is 32.5 Å². The van der Waals surface area contributed by atoms with Crippen LogP contribution in [0.3, 0.4) is 0 Å². The highest BCUT2D eigenvalue weighted by Crippen LogP contribution is 2.41. The topological polar surface area (TPSA) is 108 Å². The third kappa shape index (κ3) is 5.64. The number of amides is 1. The number of hydrogen-bond acceptors (Lipinski definition) is 6. The summed E-state index contributed by atoms with van der Waals surface area (Å²) in [6.45, 7) is 4.10. The molecular formula is C15H20F3N3O5S2. The van der Waals surface area contributed by atoms with E-state index in [2.05, 4.69) is 4.98 Å². The van der Waals surface area contributed by atoms with Crippen molar-refractivity contribution in [2.75, 3.05) is 25.9 Å². The van der Waals surface area contributed by atoms with Crippen LogP contribution in [0.15, 0.2) is 5.38 Å². The molecule has 1 amide bonds. The summed E-state index contributed by atoms with van der Waals surface area (Å²) in [6.07, 6.45) is -2.64. The molecule has 2 saturated heterocycles. The number of carboxylic acids is 1. The van der Waals surface area contributed by atoms with Crippen molar-refractivity contribution < 1.29 is 36.3 Å². The average Bonchev–Trinajstić information content (AvgIpc) is 3.20. The molecule has 3 rings (SSSR count). The Hall–Kier alpha value is -1.73. The standard InChI is InChI=1S/C13H19N3O3S2.C2HF3O2/c1-10-14-11(7-20-10)6-15-8-13(5-12(15)17)3-4-16(9-13)21(2,18)19;3-2(4,5)1(6)7/h7H,3-6,8-9H2,1-2H3;(H,6,7). The zero-order valence-corrected chi connectivity index (χ0v) is 16.8. The minimum absolute atomic E-state index is 0.107. The fourth-order valence-corrected chi connectivity index (χ4v) is 4.79. The summed E-state index contributed by atoms with van der Waals surface area (Å²) in [6, 6.07) is 0. The lowest BCUT2D eigenvalue weighted by Crippen LogP contribution is -2.33. The minimum atomic E-state index is -5.08. The number of carboxylic acid groups (broad SMARTS) is 1. The molecule has 1 aromatic rings. The third-order valence-corrected chi connectivity index (χ3v) is 6.61. The lowest BCUT2D eigenvalue weighted by atomic mass is 9.86. The molecule has 0 aliphatic carbocycles. The second kappa shape index (κ2) is 7.95. The van der Waals surface area contributed by atoms with E-state index in [1.807, 2.05) is 17.2 Å². The fraction of sp³-hybridized carbons (Fsp3) is 0.667. The van der Waals surface area contributed by atoms with Crippen molar-refractivity contribution in [3.05, 3.63) is 16.1 Å². The molecule has 1 unspecified atom stereocenters. The molecule has 2 fully saturated rings. The molecule has 1 spiro atoms.